The molecule has 2 N–H and O–H groups in total. The second kappa shape index (κ2) is 7.08. The zero-order valence-electron chi connectivity index (χ0n) is 14.1. The highest BCUT2D eigenvalue weighted by Gasteiger charge is 2.32. The number of nitrogens with two attached hydrogens (primary N) is 1. The fraction of sp³-hybridized carbons (Fsp3) is 0.579. The van der Waals surface area contributed by atoms with Gasteiger partial charge in [-0.1, -0.05) is 56.9 Å². The van der Waals surface area contributed by atoms with Crippen molar-refractivity contribution in [2.75, 3.05) is 0 Å². The number of hydrogen-bond acceptors (Lipinski definition) is 2. The molecule has 1 aromatic carbocycles. The molecule has 1 aromatic rings. The number of fused-ring (bicyclic) bond motifs is 1. The van der Waals surface area contributed by atoms with Crippen LogP contribution in [0.2, 0.25) is 0 Å². The van der Waals surface area contributed by atoms with Gasteiger partial charge in [0, 0.05) is 0 Å². The summed E-state index contributed by atoms with van der Waals surface area (Å²) in [6.07, 6.45) is 6.30. The van der Waals surface area contributed by atoms with Crippen molar-refractivity contribution >= 4 is 11.6 Å². The average Bonchev–Trinajstić information content (AvgIpc) is 2.45. The van der Waals surface area contributed by atoms with Crippen molar-refractivity contribution in [2.24, 2.45) is 16.6 Å². The zero-order chi connectivity index (χ0) is 16.2. The summed E-state index contributed by atoms with van der Waals surface area (Å²) in [7, 11) is 0. The van der Waals surface area contributed by atoms with Crippen molar-refractivity contribution < 1.29 is 4.79 Å². The predicted octanol–water partition coefficient (Wildman–Crippen LogP) is 3.88. The van der Waals surface area contributed by atoms with Gasteiger partial charge in [0.2, 0.25) is 5.91 Å². The van der Waals surface area contributed by atoms with Gasteiger partial charge in [0.15, 0.2) is 0 Å². The molecule has 0 spiro atoms. The Labute approximate surface area is 134 Å². The van der Waals surface area contributed by atoms with E-state index >= 15 is 0 Å². The maximum Gasteiger partial charge on any atom is 0.226 e. The molecule has 2 rings (SSSR count). The second-order valence-corrected chi connectivity index (χ2v) is 6.95. The highest BCUT2D eigenvalue weighted by atomic mass is 16.1. The van der Waals surface area contributed by atoms with E-state index in [0.717, 1.165) is 37.0 Å². The van der Waals surface area contributed by atoms with Gasteiger partial charge >= 0.3 is 0 Å². The quantitative estimate of drug-likeness (QED) is 0.763. The van der Waals surface area contributed by atoms with E-state index in [1.165, 1.54) is 18.4 Å². The molecule has 0 bridgehead atoms. The normalized spacial score (nSPS) is 17.5. The largest absolute Gasteiger partial charge is 0.369 e. The molecular formula is C19H28N2O. The number of rotatable bonds is 7. The van der Waals surface area contributed by atoms with E-state index in [4.69, 9.17) is 10.7 Å². The molecule has 120 valence electrons. The van der Waals surface area contributed by atoms with Gasteiger partial charge in [0.05, 0.1) is 17.2 Å². The summed E-state index contributed by atoms with van der Waals surface area (Å²) < 4.78 is 0. The first-order valence-corrected chi connectivity index (χ1v) is 8.42. The fourth-order valence-corrected chi connectivity index (χ4v) is 3.27. The lowest BCUT2D eigenvalue weighted by Gasteiger charge is -2.31. The van der Waals surface area contributed by atoms with Crippen LogP contribution in [0, 0.1) is 5.92 Å². The van der Waals surface area contributed by atoms with Gasteiger partial charge in [0.25, 0.3) is 0 Å². The monoisotopic (exact) mass is 300 g/mol. The van der Waals surface area contributed by atoms with E-state index in [9.17, 15) is 4.79 Å². The molecule has 1 amide bonds. The summed E-state index contributed by atoms with van der Waals surface area (Å²) in [6.45, 7) is 6.44. The Bertz CT molecular complexity index is 560. The van der Waals surface area contributed by atoms with E-state index in [1.807, 2.05) is 6.07 Å². The molecule has 0 fully saturated rings. The molecule has 0 saturated heterocycles. The minimum absolute atomic E-state index is 0.166. The lowest BCUT2D eigenvalue weighted by Crippen LogP contribution is -2.37. The van der Waals surface area contributed by atoms with Gasteiger partial charge in [-0.2, -0.15) is 0 Å². The van der Waals surface area contributed by atoms with Crippen molar-refractivity contribution in [2.45, 2.75) is 64.8 Å². The number of amides is 1. The van der Waals surface area contributed by atoms with Crippen molar-refractivity contribution in [1.29, 1.82) is 0 Å². The van der Waals surface area contributed by atoms with Gasteiger partial charge in [-0.05, 0) is 37.8 Å². The van der Waals surface area contributed by atoms with E-state index in [2.05, 4.69) is 39.0 Å². The third-order valence-electron chi connectivity index (χ3n) is 4.36. The average molecular weight is 300 g/mol. The first-order chi connectivity index (χ1) is 10.4. The van der Waals surface area contributed by atoms with Crippen LogP contribution in [-0.2, 0) is 11.2 Å². The van der Waals surface area contributed by atoms with Gasteiger partial charge < -0.3 is 5.73 Å². The molecular weight excluding hydrogens is 272 g/mol. The second-order valence-electron chi connectivity index (χ2n) is 6.95. The minimum atomic E-state index is -0.266. The van der Waals surface area contributed by atoms with Crippen molar-refractivity contribution in [3.05, 3.63) is 35.4 Å². The van der Waals surface area contributed by atoms with E-state index in [-0.39, 0.29) is 17.4 Å². The molecule has 0 aliphatic carbocycles. The van der Waals surface area contributed by atoms with Crippen molar-refractivity contribution in [3.63, 3.8) is 0 Å². The van der Waals surface area contributed by atoms with E-state index in [0.29, 0.717) is 0 Å². The van der Waals surface area contributed by atoms with Crippen LogP contribution in [0.15, 0.2) is 29.3 Å². The van der Waals surface area contributed by atoms with Gasteiger partial charge in [-0.3, -0.25) is 9.79 Å². The third-order valence-corrected chi connectivity index (χ3v) is 4.36. The minimum Gasteiger partial charge on any atom is -0.369 e. The number of carbonyl (C=O) groups is 1. The number of primary amides is 1. The number of nitrogens with zero attached hydrogens (tertiary/aromatic N) is 1. The molecule has 1 aliphatic rings. The molecule has 0 saturated carbocycles. The van der Waals surface area contributed by atoms with Crippen LogP contribution in [0.5, 0.6) is 0 Å². The van der Waals surface area contributed by atoms with Crippen LogP contribution in [0.1, 0.15) is 64.0 Å². The summed E-state index contributed by atoms with van der Waals surface area (Å²) in [5.41, 5.74) is 8.83. The number of unbranched alkanes of at least 4 members (excludes halogenated alkanes) is 3. The molecule has 3 nitrogen and oxygen atoms in total. The van der Waals surface area contributed by atoms with Crippen LogP contribution in [-0.4, -0.2) is 17.2 Å². The van der Waals surface area contributed by atoms with Crippen LogP contribution >= 0.6 is 0 Å². The van der Waals surface area contributed by atoms with Gasteiger partial charge in [-0.25, -0.2) is 0 Å². The zero-order valence-corrected chi connectivity index (χ0v) is 14.1. The maximum atomic E-state index is 12.0. The highest BCUT2D eigenvalue weighted by molar-refractivity contribution is 6.14. The van der Waals surface area contributed by atoms with Gasteiger partial charge in [-0.15, -0.1) is 0 Å². The summed E-state index contributed by atoms with van der Waals surface area (Å²) in [6, 6.07) is 8.28. The molecule has 3 heteroatoms. The summed E-state index contributed by atoms with van der Waals surface area (Å²) >= 11 is 0. The predicted molar refractivity (Wildman–Crippen MR) is 92.2 cm³/mol. The summed E-state index contributed by atoms with van der Waals surface area (Å²) in [5.74, 6) is -0.514. The van der Waals surface area contributed by atoms with Crippen LogP contribution in [0.25, 0.3) is 0 Å². The topological polar surface area (TPSA) is 55.5 Å². The summed E-state index contributed by atoms with van der Waals surface area (Å²) in [5, 5.41) is 0. The highest BCUT2D eigenvalue weighted by Crippen LogP contribution is 2.30. The van der Waals surface area contributed by atoms with Crippen molar-refractivity contribution in [3.8, 4) is 0 Å². The molecule has 1 aliphatic heterocycles. The Morgan fingerprint density at radius 3 is 2.68 bits per heavy atom. The van der Waals surface area contributed by atoms with E-state index in [1.54, 1.807) is 0 Å². The fourth-order valence-electron chi connectivity index (χ4n) is 3.27. The number of carbonyl (C=O) groups excluding carboxylic acids is 1. The third kappa shape index (κ3) is 3.96. The Morgan fingerprint density at radius 1 is 1.27 bits per heavy atom. The smallest absolute Gasteiger partial charge is 0.226 e. The molecule has 1 unspecified atom stereocenters. The summed E-state index contributed by atoms with van der Waals surface area (Å²) in [4.78, 5) is 16.9. The van der Waals surface area contributed by atoms with Crippen molar-refractivity contribution in [1.82, 2.24) is 0 Å². The molecule has 0 aromatic heterocycles. The van der Waals surface area contributed by atoms with Crippen LogP contribution in [0.4, 0.5) is 0 Å². The standard InChI is InChI=1S/C19H28N2O/c1-4-5-6-7-12-16(18(20)22)17-15-11-9-8-10-14(15)13-19(2,3)21-17/h8-11,16H,4-7,12-13H2,1-3H3,(H2,20,22). The Morgan fingerprint density at radius 2 is 2.00 bits per heavy atom. The van der Waals surface area contributed by atoms with Crippen LogP contribution in [0.3, 0.4) is 0 Å². The Balaban J connectivity index is 2.28. The number of aliphatic imine (C=N–C) groups is 1. The number of hydrogen-bond donors (Lipinski definition) is 1. The SMILES string of the molecule is CCCCCCC(C(N)=O)C1=NC(C)(C)Cc2ccccc21. The Kier molecular flexibility index (Phi) is 5.38. The van der Waals surface area contributed by atoms with Gasteiger partial charge in [0.1, 0.15) is 0 Å². The first kappa shape index (κ1) is 16.7. The Hall–Kier alpha value is -1.64. The number of benzene rings is 1. The maximum absolute atomic E-state index is 12.0. The molecule has 22 heavy (non-hydrogen) atoms. The molecule has 1 heterocycles. The molecule has 0 radical (unpaired) electrons. The molecule has 1 atom stereocenters. The lowest BCUT2D eigenvalue weighted by molar-refractivity contribution is -0.120. The first-order valence-electron chi connectivity index (χ1n) is 8.42. The van der Waals surface area contributed by atoms with E-state index < -0.39 is 0 Å². The lowest BCUT2D eigenvalue weighted by atomic mass is 9.81. The van der Waals surface area contributed by atoms with Crippen LogP contribution < -0.4 is 5.73 Å².